The lowest BCUT2D eigenvalue weighted by Gasteiger charge is -2.19. The maximum absolute atomic E-state index is 12.5. The van der Waals surface area contributed by atoms with Gasteiger partial charge < -0.3 is 10.1 Å². The average Bonchev–Trinajstić information content (AvgIpc) is 3.33. The molecule has 1 aromatic carbocycles. The quantitative estimate of drug-likeness (QED) is 0.572. The van der Waals surface area contributed by atoms with Crippen molar-refractivity contribution in [3.05, 3.63) is 62.8 Å². The number of carbonyl (C=O) groups excluding carboxylic acids is 2. The van der Waals surface area contributed by atoms with Gasteiger partial charge in [-0.15, -0.1) is 11.3 Å². The first-order valence-electron chi connectivity index (χ1n) is 8.14. The summed E-state index contributed by atoms with van der Waals surface area (Å²) in [5.74, 6) is -0.653. The Kier molecular flexibility index (Phi) is 6.60. The summed E-state index contributed by atoms with van der Waals surface area (Å²) in [6, 6.07) is 8.55. The molecular weight excluding hydrogens is 404 g/mol. The summed E-state index contributed by atoms with van der Waals surface area (Å²) in [4.78, 5) is 28.8. The zero-order valence-corrected chi connectivity index (χ0v) is 16.9. The molecule has 0 aliphatic rings. The number of thiazole rings is 1. The number of ether oxygens (including phenoxy) is 1. The van der Waals surface area contributed by atoms with Crippen molar-refractivity contribution >= 4 is 46.2 Å². The summed E-state index contributed by atoms with van der Waals surface area (Å²) in [5, 5.41) is 10.1. The SMILES string of the molecule is COC(=O)CC(NC(=O)Cc1csc(-c2ccsc2)n1)c1ccccc1Cl. The second kappa shape index (κ2) is 9.12. The van der Waals surface area contributed by atoms with E-state index in [0.717, 1.165) is 10.6 Å². The second-order valence-electron chi connectivity index (χ2n) is 5.75. The minimum absolute atomic E-state index is 0.00317. The van der Waals surface area contributed by atoms with Gasteiger partial charge in [-0.25, -0.2) is 4.98 Å². The Morgan fingerprint density at radius 3 is 2.78 bits per heavy atom. The monoisotopic (exact) mass is 420 g/mol. The fraction of sp³-hybridized carbons (Fsp3) is 0.211. The number of halogens is 1. The molecule has 3 aromatic rings. The topological polar surface area (TPSA) is 68.3 Å². The highest BCUT2D eigenvalue weighted by atomic mass is 35.5. The van der Waals surface area contributed by atoms with Crippen molar-refractivity contribution in [2.45, 2.75) is 18.9 Å². The van der Waals surface area contributed by atoms with Crippen LogP contribution in [0.1, 0.15) is 23.7 Å². The molecule has 3 rings (SSSR count). The highest BCUT2D eigenvalue weighted by Gasteiger charge is 2.21. The summed E-state index contributed by atoms with van der Waals surface area (Å²) >= 11 is 9.34. The highest BCUT2D eigenvalue weighted by Crippen LogP contribution is 2.27. The lowest BCUT2D eigenvalue weighted by Crippen LogP contribution is -2.31. The van der Waals surface area contributed by atoms with E-state index < -0.39 is 12.0 Å². The van der Waals surface area contributed by atoms with Crippen LogP contribution in [0.2, 0.25) is 5.02 Å². The molecular formula is C19H17ClN2O3S2. The van der Waals surface area contributed by atoms with Gasteiger partial charge in [0.25, 0.3) is 0 Å². The number of methoxy groups -OCH3 is 1. The van der Waals surface area contributed by atoms with Crippen LogP contribution < -0.4 is 5.32 Å². The predicted octanol–water partition coefficient (Wildman–Crippen LogP) is 4.49. The molecule has 0 aliphatic carbocycles. The number of benzene rings is 1. The number of thiophene rings is 1. The number of hydrogen-bond acceptors (Lipinski definition) is 6. The van der Waals surface area contributed by atoms with Crippen molar-refractivity contribution in [3.63, 3.8) is 0 Å². The first kappa shape index (κ1) is 19.5. The van der Waals surface area contributed by atoms with Crippen molar-refractivity contribution in [2.75, 3.05) is 7.11 Å². The van der Waals surface area contributed by atoms with Crippen LogP contribution in [0, 0.1) is 0 Å². The third-order valence-electron chi connectivity index (χ3n) is 3.88. The molecule has 140 valence electrons. The van der Waals surface area contributed by atoms with E-state index in [-0.39, 0.29) is 18.7 Å². The van der Waals surface area contributed by atoms with E-state index in [1.54, 1.807) is 29.5 Å². The van der Waals surface area contributed by atoms with E-state index in [9.17, 15) is 9.59 Å². The van der Waals surface area contributed by atoms with E-state index >= 15 is 0 Å². The second-order valence-corrected chi connectivity index (χ2v) is 7.80. The Balaban J connectivity index is 1.71. The zero-order valence-electron chi connectivity index (χ0n) is 14.5. The van der Waals surface area contributed by atoms with Crippen molar-refractivity contribution in [1.29, 1.82) is 0 Å². The maximum Gasteiger partial charge on any atom is 0.307 e. The van der Waals surface area contributed by atoms with Crippen LogP contribution in [0.5, 0.6) is 0 Å². The first-order chi connectivity index (χ1) is 13.1. The van der Waals surface area contributed by atoms with Crippen molar-refractivity contribution in [2.24, 2.45) is 0 Å². The molecule has 0 fully saturated rings. The van der Waals surface area contributed by atoms with E-state index in [1.807, 2.05) is 28.3 Å². The Hall–Kier alpha value is -2.22. The summed E-state index contributed by atoms with van der Waals surface area (Å²) in [5.41, 5.74) is 2.42. The van der Waals surface area contributed by atoms with E-state index in [2.05, 4.69) is 10.3 Å². The Morgan fingerprint density at radius 2 is 2.07 bits per heavy atom. The minimum Gasteiger partial charge on any atom is -0.469 e. The minimum atomic E-state index is -0.561. The lowest BCUT2D eigenvalue weighted by atomic mass is 10.0. The molecule has 27 heavy (non-hydrogen) atoms. The van der Waals surface area contributed by atoms with Crippen LogP contribution in [-0.4, -0.2) is 24.0 Å². The third kappa shape index (κ3) is 5.15. The van der Waals surface area contributed by atoms with Gasteiger partial charge in [-0.1, -0.05) is 29.8 Å². The van der Waals surface area contributed by atoms with Crippen LogP contribution in [0.15, 0.2) is 46.5 Å². The number of esters is 1. The number of nitrogens with zero attached hydrogens (tertiary/aromatic N) is 1. The van der Waals surface area contributed by atoms with Gasteiger partial charge in [-0.05, 0) is 23.1 Å². The Labute approximate surface area is 170 Å². The van der Waals surface area contributed by atoms with Crippen LogP contribution in [0.4, 0.5) is 0 Å². The predicted molar refractivity (Wildman–Crippen MR) is 108 cm³/mol. The van der Waals surface area contributed by atoms with E-state index in [0.29, 0.717) is 16.3 Å². The molecule has 2 aromatic heterocycles. The Morgan fingerprint density at radius 1 is 1.26 bits per heavy atom. The summed E-state index contributed by atoms with van der Waals surface area (Å²) in [6.07, 6.45) is 0.131. The molecule has 0 spiro atoms. The number of hydrogen-bond donors (Lipinski definition) is 1. The number of amides is 1. The van der Waals surface area contributed by atoms with Gasteiger partial charge in [-0.3, -0.25) is 9.59 Å². The lowest BCUT2D eigenvalue weighted by molar-refractivity contribution is -0.141. The van der Waals surface area contributed by atoms with Gasteiger partial charge in [0.15, 0.2) is 0 Å². The number of rotatable bonds is 7. The highest BCUT2D eigenvalue weighted by molar-refractivity contribution is 7.14. The summed E-state index contributed by atoms with van der Waals surface area (Å²) in [6.45, 7) is 0. The molecule has 0 bridgehead atoms. The average molecular weight is 421 g/mol. The molecule has 0 aliphatic heterocycles. The number of aromatic nitrogens is 1. The molecule has 1 N–H and O–H groups in total. The molecule has 2 heterocycles. The van der Waals surface area contributed by atoms with Gasteiger partial charge in [0.05, 0.1) is 31.7 Å². The van der Waals surface area contributed by atoms with Crippen molar-refractivity contribution in [3.8, 4) is 10.6 Å². The van der Waals surface area contributed by atoms with Crippen LogP contribution >= 0.6 is 34.3 Å². The van der Waals surface area contributed by atoms with Gasteiger partial charge in [0, 0.05) is 21.3 Å². The van der Waals surface area contributed by atoms with Crippen LogP contribution in [0.25, 0.3) is 10.6 Å². The standard InChI is InChI=1S/C19H17ClN2O3S2/c1-25-18(24)9-16(14-4-2-3-5-15(14)20)22-17(23)8-13-11-27-19(21-13)12-6-7-26-10-12/h2-7,10-11,16H,8-9H2,1H3,(H,22,23). The molecule has 8 heteroatoms. The van der Waals surface area contributed by atoms with E-state index in [1.165, 1.54) is 18.4 Å². The largest absolute Gasteiger partial charge is 0.469 e. The summed E-state index contributed by atoms with van der Waals surface area (Å²) < 4.78 is 4.74. The molecule has 1 amide bonds. The number of carbonyl (C=O) groups is 2. The fourth-order valence-corrected chi connectivity index (χ4v) is 4.36. The first-order valence-corrected chi connectivity index (χ1v) is 10.3. The molecule has 0 radical (unpaired) electrons. The zero-order chi connectivity index (χ0) is 19.2. The Bertz CT molecular complexity index is 925. The molecule has 0 saturated heterocycles. The summed E-state index contributed by atoms with van der Waals surface area (Å²) in [7, 11) is 1.31. The molecule has 0 saturated carbocycles. The van der Waals surface area contributed by atoms with Gasteiger partial charge >= 0.3 is 5.97 Å². The fourth-order valence-electron chi connectivity index (χ4n) is 2.56. The van der Waals surface area contributed by atoms with Gasteiger partial charge in [0.1, 0.15) is 5.01 Å². The van der Waals surface area contributed by atoms with Crippen molar-refractivity contribution in [1.82, 2.24) is 10.3 Å². The van der Waals surface area contributed by atoms with Gasteiger partial charge in [-0.2, -0.15) is 11.3 Å². The smallest absolute Gasteiger partial charge is 0.307 e. The van der Waals surface area contributed by atoms with Gasteiger partial charge in [0.2, 0.25) is 5.91 Å². The molecule has 1 atom stereocenters. The number of nitrogens with one attached hydrogen (secondary N) is 1. The van der Waals surface area contributed by atoms with Crippen LogP contribution in [0.3, 0.4) is 0 Å². The van der Waals surface area contributed by atoms with Crippen molar-refractivity contribution < 1.29 is 14.3 Å². The third-order valence-corrected chi connectivity index (χ3v) is 5.84. The normalized spacial score (nSPS) is 11.8. The maximum atomic E-state index is 12.5. The molecule has 1 unspecified atom stereocenters. The molecule has 5 nitrogen and oxygen atoms in total. The van der Waals surface area contributed by atoms with E-state index in [4.69, 9.17) is 16.3 Å². The van der Waals surface area contributed by atoms with Crippen LogP contribution in [-0.2, 0) is 20.7 Å².